The molecule has 0 aromatic heterocycles. The molecule has 0 aromatic rings. The summed E-state index contributed by atoms with van der Waals surface area (Å²) in [5.74, 6) is 0.287. The van der Waals surface area contributed by atoms with Crippen molar-refractivity contribution in [2.24, 2.45) is 5.92 Å². The van der Waals surface area contributed by atoms with Crippen molar-refractivity contribution in [3.05, 3.63) is 0 Å². The molecule has 1 atom stereocenters. The van der Waals surface area contributed by atoms with Gasteiger partial charge in [0.1, 0.15) is 0 Å². The van der Waals surface area contributed by atoms with E-state index >= 15 is 0 Å². The Hall–Kier alpha value is -0.320. The van der Waals surface area contributed by atoms with Crippen LogP contribution in [0, 0.1) is 5.92 Å². The van der Waals surface area contributed by atoms with E-state index in [-0.39, 0.29) is 24.2 Å². The minimum Gasteiger partial charge on any atom is -0.381 e. The molecule has 0 saturated carbocycles. The van der Waals surface area contributed by atoms with Crippen molar-refractivity contribution in [1.82, 2.24) is 10.6 Å². The summed E-state index contributed by atoms with van der Waals surface area (Å²) in [5, 5.41) is 6.42. The number of amides is 1. The van der Waals surface area contributed by atoms with Crippen molar-refractivity contribution in [3.8, 4) is 0 Å². The second-order valence-electron chi connectivity index (χ2n) is 4.45. The Bertz CT molecular complexity index is 214. The number of hydrogen-bond acceptors (Lipinski definition) is 3. The fraction of sp³-hybridized carbons (Fsp3) is 0.909. The summed E-state index contributed by atoms with van der Waals surface area (Å²) < 4.78 is 5.32. The second-order valence-corrected chi connectivity index (χ2v) is 4.45. The van der Waals surface area contributed by atoms with Crippen molar-refractivity contribution in [2.45, 2.75) is 31.7 Å². The fourth-order valence-corrected chi connectivity index (χ4v) is 2.23. The van der Waals surface area contributed by atoms with Crippen molar-refractivity contribution in [2.75, 3.05) is 26.3 Å². The normalized spacial score (nSPS) is 26.9. The van der Waals surface area contributed by atoms with Gasteiger partial charge in [-0.05, 0) is 38.8 Å². The molecule has 16 heavy (non-hydrogen) atoms. The van der Waals surface area contributed by atoms with Gasteiger partial charge in [-0.2, -0.15) is 0 Å². The molecule has 4 nitrogen and oxygen atoms in total. The predicted octanol–water partition coefficient (Wildman–Crippen LogP) is 0.703. The van der Waals surface area contributed by atoms with Gasteiger partial charge in [0.05, 0.1) is 12.5 Å². The molecule has 2 aliphatic rings. The monoisotopic (exact) mass is 248 g/mol. The molecule has 0 spiro atoms. The smallest absolute Gasteiger partial charge is 0.225 e. The minimum absolute atomic E-state index is 0. The first kappa shape index (κ1) is 13.7. The van der Waals surface area contributed by atoms with E-state index in [4.69, 9.17) is 4.74 Å². The zero-order valence-corrected chi connectivity index (χ0v) is 10.4. The third-order valence-corrected chi connectivity index (χ3v) is 3.22. The van der Waals surface area contributed by atoms with Crippen molar-refractivity contribution in [3.63, 3.8) is 0 Å². The summed E-state index contributed by atoms with van der Waals surface area (Å²) in [4.78, 5) is 11.9. The zero-order valence-electron chi connectivity index (χ0n) is 9.54. The predicted molar refractivity (Wildman–Crippen MR) is 64.8 cm³/mol. The fourth-order valence-electron chi connectivity index (χ4n) is 2.23. The van der Waals surface area contributed by atoms with Crippen LogP contribution in [0.5, 0.6) is 0 Å². The van der Waals surface area contributed by atoms with Gasteiger partial charge in [-0.3, -0.25) is 4.79 Å². The van der Waals surface area contributed by atoms with Gasteiger partial charge in [0.15, 0.2) is 0 Å². The SMILES string of the molecule is Cl.O=C(NC1CCNCC1)C1CCCOC1. The zero-order chi connectivity index (χ0) is 10.5. The molecule has 0 aromatic carbocycles. The minimum atomic E-state index is 0. The standard InChI is InChI=1S/C11H20N2O2.ClH/c14-11(9-2-1-7-15-8-9)13-10-3-5-12-6-4-10;/h9-10,12H,1-8H2,(H,13,14);1H. The molecule has 2 N–H and O–H groups in total. The summed E-state index contributed by atoms with van der Waals surface area (Å²) in [6, 6.07) is 0.376. The molecule has 0 bridgehead atoms. The van der Waals surface area contributed by atoms with Gasteiger partial charge in [0.2, 0.25) is 5.91 Å². The Balaban J connectivity index is 0.00000128. The number of carbonyl (C=O) groups is 1. The lowest BCUT2D eigenvalue weighted by atomic mass is 9.99. The molecule has 2 saturated heterocycles. The quantitative estimate of drug-likeness (QED) is 0.757. The van der Waals surface area contributed by atoms with Crippen LogP contribution in [0.2, 0.25) is 0 Å². The number of hydrogen-bond donors (Lipinski definition) is 2. The largest absolute Gasteiger partial charge is 0.381 e. The van der Waals surface area contributed by atoms with Crippen LogP contribution in [0.3, 0.4) is 0 Å². The van der Waals surface area contributed by atoms with Gasteiger partial charge in [0.25, 0.3) is 0 Å². The van der Waals surface area contributed by atoms with Crippen LogP contribution in [0.4, 0.5) is 0 Å². The molecule has 2 rings (SSSR count). The summed E-state index contributed by atoms with van der Waals surface area (Å²) in [5.41, 5.74) is 0. The Morgan fingerprint density at radius 2 is 2.00 bits per heavy atom. The molecule has 0 radical (unpaired) electrons. The summed E-state index contributed by atoms with van der Waals surface area (Å²) in [6.45, 7) is 3.46. The van der Waals surface area contributed by atoms with Gasteiger partial charge in [0, 0.05) is 12.6 Å². The average Bonchev–Trinajstić information content (AvgIpc) is 2.31. The van der Waals surface area contributed by atoms with Gasteiger partial charge < -0.3 is 15.4 Å². The number of piperidine rings is 1. The Morgan fingerprint density at radius 1 is 1.25 bits per heavy atom. The highest BCUT2D eigenvalue weighted by Gasteiger charge is 2.24. The van der Waals surface area contributed by atoms with Crippen LogP contribution in [0.15, 0.2) is 0 Å². The first-order chi connectivity index (χ1) is 7.36. The van der Waals surface area contributed by atoms with Crippen LogP contribution in [0.25, 0.3) is 0 Å². The first-order valence-electron chi connectivity index (χ1n) is 5.95. The van der Waals surface area contributed by atoms with Crippen LogP contribution in [-0.2, 0) is 9.53 Å². The highest BCUT2D eigenvalue weighted by atomic mass is 35.5. The third-order valence-electron chi connectivity index (χ3n) is 3.22. The van der Waals surface area contributed by atoms with Gasteiger partial charge >= 0.3 is 0 Å². The highest BCUT2D eigenvalue weighted by molar-refractivity contribution is 5.85. The number of halogens is 1. The maximum atomic E-state index is 11.9. The molecule has 2 fully saturated rings. The molecule has 1 unspecified atom stereocenters. The third kappa shape index (κ3) is 3.92. The van der Waals surface area contributed by atoms with Gasteiger partial charge in [-0.1, -0.05) is 0 Å². The summed E-state index contributed by atoms with van der Waals surface area (Å²) >= 11 is 0. The Kier molecular flexibility index (Phi) is 6.09. The van der Waals surface area contributed by atoms with E-state index in [1.807, 2.05) is 0 Å². The van der Waals surface area contributed by atoms with E-state index in [1.165, 1.54) is 0 Å². The van der Waals surface area contributed by atoms with Crippen LogP contribution in [-0.4, -0.2) is 38.3 Å². The molecule has 94 valence electrons. The molecular weight excluding hydrogens is 228 g/mol. The lowest BCUT2D eigenvalue weighted by Crippen LogP contribution is -2.46. The van der Waals surface area contributed by atoms with E-state index in [2.05, 4.69) is 10.6 Å². The molecular formula is C11H21ClN2O2. The Labute approximate surface area is 103 Å². The number of rotatable bonds is 2. The lowest BCUT2D eigenvalue weighted by molar-refractivity contribution is -0.129. The van der Waals surface area contributed by atoms with Crippen LogP contribution < -0.4 is 10.6 Å². The number of ether oxygens (including phenoxy) is 1. The van der Waals surface area contributed by atoms with E-state index in [9.17, 15) is 4.79 Å². The number of carbonyl (C=O) groups excluding carboxylic acids is 1. The van der Waals surface area contributed by atoms with Gasteiger partial charge in [-0.15, -0.1) is 12.4 Å². The van der Waals surface area contributed by atoms with E-state index in [0.29, 0.717) is 12.6 Å². The maximum absolute atomic E-state index is 11.9. The average molecular weight is 249 g/mol. The summed E-state index contributed by atoms with van der Waals surface area (Å²) in [7, 11) is 0. The first-order valence-corrected chi connectivity index (χ1v) is 5.95. The van der Waals surface area contributed by atoms with Crippen molar-refractivity contribution in [1.29, 1.82) is 0 Å². The second kappa shape index (κ2) is 7.09. The van der Waals surface area contributed by atoms with Crippen LogP contribution in [0.1, 0.15) is 25.7 Å². The highest BCUT2D eigenvalue weighted by Crippen LogP contribution is 2.14. The van der Waals surface area contributed by atoms with E-state index in [0.717, 1.165) is 45.4 Å². The van der Waals surface area contributed by atoms with Crippen LogP contribution >= 0.6 is 12.4 Å². The van der Waals surface area contributed by atoms with Crippen molar-refractivity contribution >= 4 is 18.3 Å². The molecule has 2 heterocycles. The van der Waals surface area contributed by atoms with E-state index < -0.39 is 0 Å². The van der Waals surface area contributed by atoms with E-state index in [1.54, 1.807) is 0 Å². The lowest BCUT2D eigenvalue weighted by Gasteiger charge is -2.27. The van der Waals surface area contributed by atoms with Crippen molar-refractivity contribution < 1.29 is 9.53 Å². The molecule has 2 aliphatic heterocycles. The molecule has 5 heteroatoms. The van der Waals surface area contributed by atoms with Gasteiger partial charge in [-0.25, -0.2) is 0 Å². The number of nitrogens with one attached hydrogen (secondary N) is 2. The Morgan fingerprint density at radius 3 is 2.62 bits per heavy atom. The molecule has 1 amide bonds. The summed E-state index contributed by atoms with van der Waals surface area (Å²) in [6.07, 6.45) is 4.11. The topological polar surface area (TPSA) is 50.4 Å². The molecule has 0 aliphatic carbocycles. The maximum Gasteiger partial charge on any atom is 0.225 e.